The van der Waals surface area contributed by atoms with Crippen molar-refractivity contribution in [3.63, 3.8) is 0 Å². The summed E-state index contributed by atoms with van der Waals surface area (Å²) >= 11 is 0. The number of aliphatic imine (C=N–C) groups is 2. The Morgan fingerprint density at radius 1 is 1.67 bits per heavy atom. The van der Waals surface area contributed by atoms with Crippen molar-refractivity contribution in [2.75, 3.05) is 19.7 Å². The largest absolute Gasteiger partial charge is 0.482 e. The molecular formula is C11H18N2O2. The van der Waals surface area contributed by atoms with Crippen molar-refractivity contribution in [2.24, 2.45) is 9.98 Å². The molecule has 0 aromatic rings. The van der Waals surface area contributed by atoms with Crippen LogP contribution in [0, 0.1) is 0 Å². The van der Waals surface area contributed by atoms with Crippen molar-refractivity contribution in [1.29, 1.82) is 0 Å². The molecule has 2 aliphatic rings. The van der Waals surface area contributed by atoms with Crippen LogP contribution in [0.15, 0.2) is 22.1 Å². The topological polar surface area (TPSA) is 43.2 Å². The molecule has 0 saturated heterocycles. The molecule has 2 heterocycles. The molecule has 0 aromatic heterocycles. The van der Waals surface area contributed by atoms with E-state index in [4.69, 9.17) is 4.74 Å². The maximum absolute atomic E-state index is 5.42. The lowest BCUT2D eigenvalue weighted by Gasteiger charge is -2.06. The summed E-state index contributed by atoms with van der Waals surface area (Å²) < 4.78 is 10.1. The summed E-state index contributed by atoms with van der Waals surface area (Å²) in [5.41, 5.74) is 0.927. The summed E-state index contributed by atoms with van der Waals surface area (Å²) in [5.74, 6) is 0.742. The highest BCUT2D eigenvalue weighted by atomic mass is 16.5. The Morgan fingerprint density at radius 2 is 2.47 bits per heavy atom. The van der Waals surface area contributed by atoms with Gasteiger partial charge in [-0.3, -0.25) is 4.99 Å². The molecule has 0 amide bonds. The van der Waals surface area contributed by atoms with Crippen LogP contribution in [-0.4, -0.2) is 38.1 Å². The van der Waals surface area contributed by atoms with E-state index in [2.05, 4.69) is 28.2 Å². The molecule has 2 aliphatic heterocycles. The highest BCUT2D eigenvalue weighted by Crippen LogP contribution is 2.11. The van der Waals surface area contributed by atoms with Crippen molar-refractivity contribution in [3.8, 4) is 0 Å². The maximum Gasteiger partial charge on any atom is 0.211 e. The summed E-state index contributed by atoms with van der Waals surface area (Å²) in [6.45, 7) is 10.2. The average molecular weight is 210 g/mol. The normalized spacial score (nSPS) is 22.3. The smallest absolute Gasteiger partial charge is 0.211 e. The van der Waals surface area contributed by atoms with E-state index in [1.807, 2.05) is 6.92 Å². The Morgan fingerprint density at radius 3 is 2.73 bits per heavy atom. The van der Waals surface area contributed by atoms with Crippen molar-refractivity contribution in [1.82, 2.24) is 0 Å². The van der Waals surface area contributed by atoms with Crippen molar-refractivity contribution >= 4 is 12.3 Å². The third-order valence-electron chi connectivity index (χ3n) is 2.02. The first kappa shape index (κ1) is 11.8. The van der Waals surface area contributed by atoms with Gasteiger partial charge in [-0.1, -0.05) is 13.5 Å². The van der Waals surface area contributed by atoms with E-state index in [0.29, 0.717) is 6.10 Å². The Hall–Kier alpha value is -1.32. The predicted octanol–water partition coefficient (Wildman–Crippen LogP) is 1.81. The molecule has 1 unspecified atom stereocenters. The number of hydrogen-bond acceptors (Lipinski definition) is 4. The van der Waals surface area contributed by atoms with Gasteiger partial charge in [-0.15, -0.1) is 0 Å². The van der Waals surface area contributed by atoms with Crippen LogP contribution < -0.4 is 0 Å². The van der Waals surface area contributed by atoms with Crippen molar-refractivity contribution in [3.05, 3.63) is 12.2 Å². The molecule has 0 spiro atoms. The zero-order valence-corrected chi connectivity index (χ0v) is 9.40. The van der Waals surface area contributed by atoms with Crippen LogP contribution in [0.5, 0.6) is 0 Å². The number of rotatable bonds is 2. The van der Waals surface area contributed by atoms with E-state index in [1.54, 1.807) is 0 Å². The van der Waals surface area contributed by atoms with E-state index in [9.17, 15) is 0 Å². The summed E-state index contributed by atoms with van der Waals surface area (Å²) in [7, 11) is 0. The van der Waals surface area contributed by atoms with Gasteiger partial charge >= 0.3 is 0 Å². The van der Waals surface area contributed by atoms with Gasteiger partial charge in [0.1, 0.15) is 12.7 Å². The van der Waals surface area contributed by atoms with Gasteiger partial charge in [0.2, 0.25) is 5.90 Å². The van der Waals surface area contributed by atoms with E-state index >= 15 is 0 Å². The fraction of sp³-hybridized carbons (Fsp3) is 0.636. The second-order valence-electron chi connectivity index (χ2n) is 3.46. The Balaban J connectivity index is 0.000000187. The summed E-state index contributed by atoms with van der Waals surface area (Å²) in [6, 6.07) is 0. The highest BCUT2D eigenvalue weighted by Gasteiger charge is 2.17. The van der Waals surface area contributed by atoms with Gasteiger partial charge < -0.3 is 9.47 Å². The van der Waals surface area contributed by atoms with Crippen LogP contribution >= 0.6 is 0 Å². The molecule has 0 fully saturated rings. The first-order valence-corrected chi connectivity index (χ1v) is 5.21. The quantitative estimate of drug-likeness (QED) is 0.697. The maximum atomic E-state index is 5.42. The zero-order chi connectivity index (χ0) is 11.1. The minimum Gasteiger partial charge on any atom is -0.482 e. The lowest BCUT2D eigenvalue weighted by atomic mass is 10.3. The van der Waals surface area contributed by atoms with Crippen LogP contribution in [0.3, 0.4) is 0 Å². The fourth-order valence-corrected chi connectivity index (χ4v) is 1.13. The molecule has 0 radical (unpaired) electrons. The third-order valence-corrected chi connectivity index (χ3v) is 2.02. The molecule has 0 N–H and O–H groups in total. The molecule has 0 aliphatic carbocycles. The SMILES string of the molecule is C1=NCCO1.C=C(C)C1=NCC(CC)O1. The molecule has 1 atom stereocenters. The van der Waals surface area contributed by atoms with E-state index in [-0.39, 0.29) is 0 Å². The Labute approximate surface area is 90.7 Å². The van der Waals surface area contributed by atoms with E-state index < -0.39 is 0 Å². The second-order valence-corrected chi connectivity index (χ2v) is 3.46. The molecule has 0 bridgehead atoms. The molecular weight excluding hydrogens is 192 g/mol. The number of nitrogens with zero attached hydrogens (tertiary/aromatic N) is 2. The minimum atomic E-state index is 0.298. The highest BCUT2D eigenvalue weighted by molar-refractivity contribution is 5.93. The summed E-state index contributed by atoms with van der Waals surface area (Å²) in [5, 5.41) is 0. The lowest BCUT2D eigenvalue weighted by Crippen LogP contribution is -2.11. The zero-order valence-electron chi connectivity index (χ0n) is 9.40. The lowest BCUT2D eigenvalue weighted by molar-refractivity contribution is 0.220. The monoisotopic (exact) mass is 210 g/mol. The summed E-state index contributed by atoms with van der Waals surface area (Å²) in [6.07, 6.45) is 2.81. The van der Waals surface area contributed by atoms with Crippen LogP contribution in [0.25, 0.3) is 0 Å². The molecule has 2 rings (SSSR count). The van der Waals surface area contributed by atoms with Gasteiger partial charge in [-0.05, 0) is 13.3 Å². The van der Waals surface area contributed by atoms with Crippen LogP contribution in [0.1, 0.15) is 20.3 Å². The molecule has 0 saturated carbocycles. The first-order valence-electron chi connectivity index (χ1n) is 5.21. The van der Waals surface area contributed by atoms with Gasteiger partial charge in [0, 0.05) is 5.57 Å². The number of hydrogen-bond donors (Lipinski definition) is 0. The van der Waals surface area contributed by atoms with Crippen molar-refractivity contribution in [2.45, 2.75) is 26.4 Å². The van der Waals surface area contributed by atoms with E-state index in [0.717, 1.165) is 37.6 Å². The van der Waals surface area contributed by atoms with Crippen LogP contribution in [0.2, 0.25) is 0 Å². The number of ether oxygens (including phenoxy) is 2. The van der Waals surface area contributed by atoms with Gasteiger partial charge in [-0.25, -0.2) is 4.99 Å². The van der Waals surface area contributed by atoms with Gasteiger partial charge in [-0.2, -0.15) is 0 Å². The molecule has 84 valence electrons. The second kappa shape index (κ2) is 6.22. The van der Waals surface area contributed by atoms with E-state index in [1.165, 1.54) is 6.40 Å². The molecule has 0 aromatic carbocycles. The van der Waals surface area contributed by atoms with Gasteiger partial charge in [0.15, 0.2) is 6.40 Å². The van der Waals surface area contributed by atoms with Gasteiger partial charge in [0.05, 0.1) is 13.1 Å². The average Bonchev–Trinajstić information content (AvgIpc) is 2.92. The third kappa shape index (κ3) is 4.14. The van der Waals surface area contributed by atoms with Crippen LogP contribution in [0.4, 0.5) is 0 Å². The summed E-state index contributed by atoms with van der Waals surface area (Å²) in [4.78, 5) is 7.92. The fourth-order valence-electron chi connectivity index (χ4n) is 1.13. The molecule has 4 nitrogen and oxygen atoms in total. The minimum absolute atomic E-state index is 0.298. The molecule has 15 heavy (non-hydrogen) atoms. The predicted molar refractivity (Wildman–Crippen MR) is 61.6 cm³/mol. The Bertz CT molecular complexity index is 266. The first-order chi connectivity index (χ1) is 7.24. The standard InChI is InChI=1S/C8H13NO.C3H5NO/c1-4-7-5-9-8(10-7)6(2)3;1-2-5-3-4-1/h7H,2,4-5H2,1,3H3;3H,1-2H2. The van der Waals surface area contributed by atoms with Crippen LogP contribution in [-0.2, 0) is 9.47 Å². The Kier molecular flexibility index (Phi) is 4.87. The van der Waals surface area contributed by atoms with Gasteiger partial charge in [0.25, 0.3) is 0 Å². The molecule has 4 heteroatoms. The van der Waals surface area contributed by atoms with Crippen molar-refractivity contribution < 1.29 is 9.47 Å².